The molecule has 0 spiro atoms. The number of sulfonamides is 1. The number of aromatic amines is 1. The van der Waals surface area contributed by atoms with Crippen molar-refractivity contribution in [2.45, 2.75) is 11.3 Å². The van der Waals surface area contributed by atoms with Gasteiger partial charge in [-0.05, 0) is 66.7 Å². The van der Waals surface area contributed by atoms with Crippen molar-refractivity contribution in [3.05, 3.63) is 82.6 Å². The van der Waals surface area contributed by atoms with Crippen molar-refractivity contribution in [1.29, 1.82) is 0 Å². The molecule has 0 bridgehead atoms. The first kappa shape index (κ1) is 21.3. The lowest BCUT2D eigenvalue weighted by Crippen LogP contribution is -2.25. The van der Waals surface area contributed by atoms with Crippen LogP contribution in [0.2, 0.25) is 0 Å². The molecular formula is C23H19N5O3S2. The summed E-state index contributed by atoms with van der Waals surface area (Å²) in [4.78, 5) is 20.7. The summed E-state index contributed by atoms with van der Waals surface area (Å²) in [6, 6.07) is 19.4. The van der Waals surface area contributed by atoms with Crippen molar-refractivity contribution in [3.8, 4) is 0 Å². The molecule has 5 rings (SSSR count). The summed E-state index contributed by atoms with van der Waals surface area (Å²) in [6.07, 6.45) is 0.550. The summed E-state index contributed by atoms with van der Waals surface area (Å²) in [5, 5.41) is 8.87. The number of hydrogen-bond acceptors (Lipinski definition) is 5. The number of rotatable bonds is 5. The van der Waals surface area contributed by atoms with E-state index in [0.29, 0.717) is 23.3 Å². The number of nitrogens with zero attached hydrogens (tertiary/aromatic N) is 2. The van der Waals surface area contributed by atoms with Crippen molar-refractivity contribution in [3.63, 3.8) is 0 Å². The second-order valence-electron chi connectivity index (χ2n) is 7.64. The minimum absolute atomic E-state index is 0.0586. The van der Waals surface area contributed by atoms with E-state index in [9.17, 15) is 13.2 Å². The quantitative estimate of drug-likeness (QED) is 0.335. The maximum atomic E-state index is 12.7. The molecule has 2 aromatic heterocycles. The number of nitrogens with two attached hydrogens (primary N) is 1. The van der Waals surface area contributed by atoms with Crippen LogP contribution in [0.4, 0.5) is 0 Å². The molecule has 0 aliphatic heterocycles. The number of imidazole rings is 1. The normalized spacial score (nSPS) is 11.9. The second-order valence-corrected chi connectivity index (χ2v) is 9.59. The molecule has 10 heteroatoms. The van der Waals surface area contributed by atoms with Gasteiger partial charge in [0.05, 0.1) is 21.4 Å². The number of nitrogens with one attached hydrogen (secondary N) is 2. The molecule has 5 aromatic rings. The van der Waals surface area contributed by atoms with E-state index in [0.717, 1.165) is 33.1 Å². The Morgan fingerprint density at radius 1 is 1.09 bits per heavy atom. The van der Waals surface area contributed by atoms with E-state index in [1.807, 2.05) is 34.7 Å². The van der Waals surface area contributed by atoms with Crippen LogP contribution in [0, 0.1) is 4.77 Å². The van der Waals surface area contributed by atoms with Crippen molar-refractivity contribution in [2.75, 3.05) is 6.54 Å². The topological polar surface area (TPSA) is 122 Å². The third kappa shape index (κ3) is 3.99. The lowest BCUT2D eigenvalue weighted by atomic mass is 10.1. The first-order valence-electron chi connectivity index (χ1n) is 10.1. The average Bonchev–Trinajstić information content (AvgIpc) is 3.19. The Morgan fingerprint density at radius 3 is 2.61 bits per heavy atom. The number of para-hydroxylation sites is 2. The predicted molar refractivity (Wildman–Crippen MR) is 129 cm³/mol. The van der Waals surface area contributed by atoms with Gasteiger partial charge in [-0.15, -0.1) is 0 Å². The number of hydrogen-bond donors (Lipinski definition) is 3. The number of aromatic nitrogens is 3. The zero-order valence-corrected chi connectivity index (χ0v) is 18.9. The Balaban J connectivity index is 1.36. The van der Waals surface area contributed by atoms with Gasteiger partial charge in [-0.25, -0.2) is 18.5 Å². The summed E-state index contributed by atoms with van der Waals surface area (Å²) in [5.41, 5.74) is 4.63. The van der Waals surface area contributed by atoms with Gasteiger partial charge in [0.2, 0.25) is 10.0 Å². The van der Waals surface area contributed by atoms with Gasteiger partial charge in [0.15, 0.2) is 4.77 Å². The molecule has 2 heterocycles. The number of H-pyrrole nitrogens is 1. The number of carbonyl (C=O) groups excluding carboxylic acids is 1. The standard InChI is InChI=1S/C23H19N5O3S2/c24-33(30,31)16-8-5-14(6-9-16)11-12-25-22(29)15-7-10-17-19(13-15)27-23(32)28-20-4-2-1-3-18(20)26-21(17)28/h1-10,13H,11-12H2,(H,25,29)(H,27,32)(H2,24,30,31). The molecule has 33 heavy (non-hydrogen) atoms. The summed E-state index contributed by atoms with van der Waals surface area (Å²) in [7, 11) is -3.72. The van der Waals surface area contributed by atoms with Crippen LogP contribution >= 0.6 is 12.2 Å². The number of carbonyl (C=O) groups is 1. The van der Waals surface area contributed by atoms with Gasteiger partial charge in [0, 0.05) is 17.5 Å². The van der Waals surface area contributed by atoms with Crippen molar-refractivity contribution in [1.82, 2.24) is 19.7 Å². The third-order valence-electron chi connectivity index (χ3n) is 5.48. The summed E-state index contributed by atoms with van der Waals surface area (Å²) in [6.45, 7) is 0.395. The summed E-state index contributed by atoms with van der Waals surface area (Å²) in [5.74, 6) is -0.217. The van der Waals surface area contributed by atoms with Gasteiger partial charge in [0.25, 0.3) is 5.91 Å². The molecule has 0 saturated heterocycles. The molecule has 4 N–H and O–H groups in total. The van der Waals surface area contributed by atoms with Crippen LogP contribution in [0.25, 0.3) is 27.6 Å². The van der Waals surface area contributed by atoms with Crippen molar-refractivity contribution in [2.24, 2.45) is 5.14 Å². The van der Waals surface area contributed by atoms with Gasteiger partial charge in [-0.2, -0.15) is 0 Å². The highest BCUT2D eigenvalue weighted by atomic mass is 32.2. The van der Waals surface area contributed by atoms with Gasteiger partial charge in [0.1, 0.15) is 5.65 Å². The third-order valence-corrected chi connectivity index (χ3v) is 6.69. The van der Waals surface area contributed by atoms with Crippen LogP contribution in [0.1, 0.15) is 15.9 Å². The molecule has 0 radical (unpaired) electrons. The van der Waals surface area contributed by atoms with Gasteiger partial charge in [-0.3, -0.25) is 9.20 Å². The SMILES string of the molecule is NS(=O)(=O)c1ccc(CCNC(=O)c2ccc3c(c2)[nH]c(=S)n2c4ccccc4nc32)cc1. The van der Waals surface area contributed by atoms with E-state index in [1.54, 1.807) is 24.3 Å². The molecule has 0 aliphatic carbocycles. The minimum Gasteiger partial charge on any atom is -0.352 e. The highest BCUT2D eigenvalue weighted by molar-refractivity contribution is 7.89. The Bertz CT molecular complexity index is 1700. The zero-order chi connectivity index (χ0) is 23.2. The molecular weight excluding hydrogens is 458 g/mol. The van der Waals surface area contributed by atoms with E-state index in [4.69, 9.17) is 22.3 Å². The zero-order valence-electron chi connectivity index (χ0n) is 17.3. The monoisotopic (exact) mass is 477 g/mol. The second kappa shape index (κ2) is 8.07. The number of amides is 1. The fourth-order valence-corrected chi connectivity index (χ4v) is 4.65. The molecule has 3 aromatic carbocycles. The highest BCUT2D eigenvalue weighted by Crippen LogP contribution is 2.24. The Hall–Kier alpha value is -3.60. The predicted octanol–water partition coefficient (Wildman–Crippen LogP) is 3.32. The number of fused-ring (bicyclic) bond motifs is 5. The first-order valence-corrected chi connectivity index (χ1v) is 12.1. The van der Waals surface area contributed by atoms with E-state index in [1.165, 1.54) is 12.1 Å². The smallest absolute Gasteiger partial charge is 0.251 e. The van der Waals surface area contributed by atoms with Crippen molar-refractivity contribution < 1.29 is 13.2 Å². The minimum atomic E-state index is -3.72. The maximum absolute atomic E-state index is 12.7. The lowest BCUT2D eigenvalue weighted by molar-refractivity contribution is 0.0954. The van der Waals surface area contributed by atoms with Gasteiger partial charge < -0.3 is 10.3 Å². The van der Waals surface area contributed by atoms with E-state index in [2.05, 4.69) is 10.3 Å². The van der Waals surface area contributed by atoms with Crippen LogP contribution in [0.15, 0.2) is 71.6 Å². The average molecular weight is 478 g/mol. The maximum Gasteiger partial charge on any atom is 0.251 e. The molecule has 0 fully saturated rings. The van der Waals surface area contributed by atoms with Gasteiger partial charge >= 0.3 is 0 Å². The highest BCUT2D eigenvalue weighted by Gasteiger charge is 2.12. The van der Waals surface area contributed by atoms with Gasteiger partial charge in [-0.1, -0.05) is 24.3 Å². The Labute approximate surface area is 194 Å². The fourth-order valence-electron chi connectivity index (χ4n) is 3.84. The Kier molecular flexibility index (Phi) is 5.20. The summed E-state index contributed by atoms with van der Waals surface area (Å²) >= 11 is 5.55. The van der Waals surface area contributed by atoms with Crippen LogP contribution in [-0.4, -0.2) is 35.2 Å². The van der Waals surface area contributed by atoms with Crippen LogP contribution in [-0.2, 0) is 16.4 Å². The van der Waals surface area contributed by atoms with Crippen molar-refractivity contribution >= 4 is 55.7 Å². The molecule has 0 aliphatic rings. The number of benzene rings is 3. The lowest BCUT2D eigenvalue weighted by Gasteiger charge is -2.08. The van der Waals surface area contributed by atoms with E-state index in [-0.39, 0.29) is 10.8 Å². The molecule has 1 amide bonds. The molecule has 0 atom stereocenters. The Morgan fingerprint density at radius 2 is 1.85 bits per heavy atom. The van der Waals surface area contributed by atoms with Crippen LogP contribution in [0.3, 0.4) is 0 Å². The van der Waals surface area contributed by atoms with Crippen LogP contribution < -0.4 is 10.5 Å². The summed E-state index contributed by atoms with van der Waals surface area (Å²) < 4.78 is 25.1. The first-order chi connectivity index (χ1) is 15.8. The van der Waals surface area contributed by atoms with E-state index < -0.39 is 10.0 Å². The largest absolute Gasteiger partial charge is 0.352 e. The van der Waals surface area contributed by atoms with Crippen LogP contribution in [0.5, 0.6) is 0 Å². The molecule has 0 saturated carbocycles. The molecule has 166 valence electrons. The molecule has 8 nitrogen and oxygen atoms in total. The fraction of sp³-hybridized carbons (Fsp3) is 0.0870. The van der Waals surface area contributed by atoms with E-state index >= 15 is 0 Å². The number of primary sulfonamides is 1. The molecule has 0 unspecified atom stereocenters.